The zero-order chi connectivity index (χ0) is 14.0. The molecule has 1 heterocycles. The molecule has 0 saturated heterocycles. The summed E-state index contributed by atoms with van der Waals surface area (Å²) >= 11 is 6.61. The molecule has 0 aliphatic carbocycles. The number of rotatable bonds is 2. The van der Waals surface area contributed by atoms with Gasteiger partial charge in [0.05, 0.1) is 5.69 Å². The molecule has 5 nitrogen and oxygen atoms in total. The third-order valence-corrected chi connectivity index (χ3v) is 3.62. The molecule has 0 saturated carbocycles. The number of nitrogens with one attached hydrogen (secondary N) is 2. The molecule has 0 aliphatic heterocycles. The zero-order valence-electron chi connectivity index (χ0n) is 9.54. The molecule has 0 atom stereocenters. The summed E-state index contributed by atoms with van der Waals surface area (Å²) in [4.78, 5) is 26.3. The van der Waals surface area contributed by atoms with Crippen LogP contribution in [0.3, 0.4) is 0 Å². The topological polar surface area (TPSA) is 88.0 Å². The van der Waals surface area contributed by atoms with Crippen LogP contribution in [0.15, 0.2) is 44.3 Å². The second-order valence-corrected chi connectivity index (χ2v) is 5.44. The molecule has 0 aliphatic rings. The lowest BCUT2D eigenvalue weighted by Gasteiger charge is -2.10. The van der Waals surface area contributed by atoms with Gasteiger partial charge in [-0.05, 0) is 44.0 Å². The second kappa shape index (κ2) is 5.58. The molecule has 1 aromatic heterocycles. The fourth-order valence-electron chi connectivity index (χ4n) is 1.49. The van der Waals surface area contributed by atoms with Gasteiger partial charge in [-0.2, -0.15) is 0 Å². The van der Waals surface area contributed by atoms with Gasteiger partial charge >= 0.3 is 0 Å². The number of pyridine rings is 1. The zero-order valence-corrected chi connectivity index (χ0v) is 12.7. The molecular weight excluding hydrogens is 378 g/mol. The van der Waals surface area contributed by atoms with E-state index >= 15 is 0 Å². The first-order valence-corrected chi connectivity index (χ1v) is 6.80. The molecule has 0 radical (unpaired) electrons. The minimum atomic E-state index is -0.493. The molecule has 1 amide bonds. The minimum absolute atomic E-state index is 0.0399. The van der Waals surface area contributed by atoms with Gasteiger partial charge < -0.3 is 16.0 Å². The standard InChI is InChI=1S/C12H9Br2N3O2/c13-8-3-6(15)4-9(14)11(8)17-12(19)7-5-16-2-1-10(7)18/h1-5H,15H2,(H,16,18)(H,17,19). The van der Waals surface area contributed by atoms with E-state index in [-0.39, 0.29) is 11.0 Å². The molecule has 0 unspecified atom stereocenters. The summed E-state index contributed by atoms with van der Waals surface area (Å²) in [5.74, 6) is -0.493. The number of nitrogens with two attached hydrogens (primary N) is 1. The molecule has 0 bridgehead atoms. The molecular formula is C12H9Br2N3O2. The summed E-state index contributed by atoms with van der Waals surface area (Å²) in [6.45, 7) is 0. The first-order chi connectivity index (χ1) is 8.99. The van der Waals surface area contributed by atoms with Crippen LogP contribution >= 0.6 is 31.9 Å². The summed E-state index contributed by atoms with van der Waals surface area (Å²) < 4.78 is 1.25. The molecule has 7 heteroatoms. The lowest BCUT2D eigenvalue weighted by molar-refractivity contribution is 0.102. The molecule has 19 heavy (non-hydrogen) atoms. The Kier molecular flexibility index (Phi) is 4.06. The lowest BCUT2D eigenvalue weighted by Crippen LogP contribution is -2.21. The van der Waals surface area contributed by atoms with Crippen molar-refractivity contribution >= 4 is 49.1 Å². The number of hydrogen-bond acceptors (Lipinski definition) is 3. The Balaban J connectivity index is 2.35. The Hall–Kier alpha value is -1.60. The molecule has 98 valence electrons. The van der Waals surface area contributed by atoms with Gasteiger partial charge in [0.2, 0.25) is 0 Å². The average Bonchev–Trinajstić information content (AvgIpc) is 2.34. The van der Waals surface area contributed by atoms with E-state index in [1.54, 1.807) is 12.1 Å². The molecule has 0 fully saturated rings. The van der Waals surface area contributed by atoms with E-state index in [4.69, 9.17) is 5.73 Å². The number of aromatic amines is 1. The Morgan fingerprint density at radius 2 is 1.89 bits per heavy atom. The van der Waals surface area contributed by atoms with Crippen LogP contribution in [0, 0.1) is 0 Å². The Bertz CT molecular complexity index is 674. The fraction of sp³-hybridized carbons (Fsp3) is 0. The highest BCUT2D eigenvalue weighted by molar-refractivity contribution is 9.11. The molecule has 4 N–H and O–H groups in total. The Morgan fingerprint density at radius 1 is 1.26 bits per heavy atom. The predicted molar refractivity (Wildman–Crippen MR) is 81.3 cm³/mol. The number of hydrogen-bond donors (Lipinski definition) is 3. The van der Waals surface area contributed by atoms with E-state index in [0.717, 1.165) is 0 Å². The highest BCUT2D eigenvalue weighted by atomic mass is 79.9. The number of amides is 1. The molecule has 1 aromatic carbocycles. The van der Waals surface area contributed by atoms with E-state index in [9.17, 15) is 9.59 Å². The summed E-state index contributed by atoms with van der Waals surface area (Å²) in [7, 11) is 0. The number of H-pyrrole nitrogens is 1. The van der Waals surface area contributed by atoms with Crippen molar-refractivity contribution in [3.63, 3.8) is 0 Å². The van der Waals surface area contributed by atoms with Crippen LogP contribution in [0.4, 0.5) is 11.4 Å². The van der Waals surface area contributed by atoms with Crippen LogP contribution in [-0.2, 0) is 0 Å². The van der Waals surface area contributed by atoms with Gasteiger partial charge in [-0.15, -0.1) is 0 Å². The van der Waals surface area contributed by atoms with Gasteiger partial charge in [-0.25, -0.2) is 0 Å². The normalized spacial score (nSPS) is 10.2. The second-order valence-electron chi connectivity index (χ2n) is 3.74. The third kappa shape index (κ3) is 3.05. The fourth-order valence-corrected chi connectivity index (χ4v) is 2.91. The first-order valence-electron chi connectivity index (χ1n) is 5.22. The van der Waals surface area contributed by atoms with Crippen LogP contribution in [0.25, 0.3) is 0 Å². The van der Waals surface area contributed by atoms with Gasteiger partial charge in [0.1, 0.15) is 5.56 Å². The number of carbonyl (C=O) groups is 1. The van der Waals surface area contributed by atoms with Crippen molar-refractivity contribution in [2.75, 3.05) is 11.1 Å². The van der Waals surface area contributed by atoms with Crippen LogP contribution < -0.4 is 16.5 Å². The van der Waals surface area contributed by atoms with E-state index in [0.29, 0.717) is 20.3 Å². The van der Waals surface area contributed by atoms with Gasteiger partial charge in [0, 0.05) is 33.1 Å². The van der Waals surface area contributed by atoms with Gasteiger partial charge in [-0.1, -0.05) is 0 Å². The van der Waals surface area contributed by atoms with Crippen LogP contribution in [0.5, 0.6) is 0 Å². The van der Waals surface area contributed by atoms with E-state index in [1.165, 1.54) is 18.5 Å². The first kappa shape index (κ1) is 13.8. The van der Waals surface area contributed by atoms with Crippen molar-refractivity contribution in [2.45, 2.75) is 0 Å². The number of nitrogen functional groups attached to an aromatic ring is 1. The van der Waals surface area contributed by atoms with Crippen molar-refractivity contribution in [3.05, 3.63) is 55.3 Å². The highest BCUT2D eigenvalue weighted by Crippen LogP contribution is 2.33. The van der Waals surface area contributed by atoms with Crippen molar-refractivity contribution in [3.8, 4) is 0 Å². The number of halogens is 2. The maximum atomic E-state index is 12.0. The summed E-state index contributed by atoms with van der Waals surface area (Å²) in [6.07, 6.45) is 2.82. The highest BCUT2D eigenvalue weighted by Gasteiger charge is 2.14. The van der Waals surface area contributed by atoms with Gasteiger partial charge in [0.25, 0.3) is 5.91 Å². The van der Waals surface area contributed by atoms with E-state index in [2.05, 4.69) is 42.2 Å². The maximum Gasteiger partial charge on any atom is 0.261 e. The summed E-state index contributed by atoms with van der Waals surface area (Å²) in [6, 6.07) is 4.62. The van der Waals surface area contributed by atoms with Crippen molar-refractivity contribution in [1.82, 2.24) is 4.98 Å². The third-order valence-electron chi connectivity index (χ3n) is 2.37. The molecule has 2 rings (SSSR count). The van der Waals surface area contributed by atoms with Crippen molar-refractivity contribution in [1.29, 1.82) is 0 Å². The van der Waals surface area contributed by atoms with Crippen LogP contribution in [0.2, 0.25) is 0 Å². The lowest BCUT2D eigenvalue weighted by atomic mass is 10.2. The largest absolute Gasteiger partial charge is 0.399 e. The maximum absolute atomic E-state index is 12.0. The summed E-state index contributed by atoms with van der Waals surface area (Å²) in [5, 5.41) is 2.65. The Labute approximate surface area is 125 Å². The quantitative estimate of drug-likeness (QED) is 0.693. The minimum Gasteiger partial charge on any atom is -0.399 e. The van der Waals surface area contributed by atoms with E-state index in [1.807, 2.05) is 0 Å². The Morgan fingerprint density at radius 3 is 2.47 bits per heavy atom. The number of aromatic nitrogens is 1. The predicted octanol–water partition coefficient (Wildman–Crippen LogP) is 2.73. The number of carbonyl (C=O) groups excluding carboxylic acids is 1. The monoisotopic (exact) mass is 385 g/mol. The SMILES string of the molecule is Nc1cc(Br)c(NC(=O)c2c[nH]ccc2=O)c(Br)c1. The van der Waals surface area contributed by atoms with Crippen LogP contribution in [0.1, 0.15) is 10.4 Å². The number of benzene rings is 1. The smallest absolute Gasteiger partial charge is 0.261 e. The van der Waals surface area contributed by atoms with Crippen molar-refractivity contribution in [2.24, 2.45) is 0 Å². The molecule has 0 spiro atoms. The summed E-state index contributed by atoms with van der Waals surface area (Å²) in [5.41, 5.74) is 6.42. The number of anilines is 2. The average molecular weight is 387 g/mol. The van der Waals surface area contributed by atoms with Gasteiger partial charge in [-0.3, -0.25) is 9.59 Å². The van der Waals surface area contributed by atoms with Gasteiger partial charge in [0.15, 0.2) is 5.43 Å². The van der Waals surface area contributed by atoms with Crippen LogP contribution in [-0.4, -0.2) is 10.9 Å². The molecule has 2 aromatic rings. The van der Waals surface area contributed by atoms with Crippen molar-refractivity contribution < 1.29 is 4.79 Å². The van der Waals surface area contributed by atoms with E-state index < -0.39 is 5.91 Å².